The summed E-state index contributed by atoms with van der Waals surface area (Å²) in [6.45, 7) is 0. The van der Waals surface area contributed by atoms with Crippen molar-refractivity contribution in [3.8, 4) is 0 Å². The van der Waals surface area contributed by atoms with E-state index in [1.54, 1.807) is 6.07 Å². The van der Waals surface area contributed by atoms with Gasteiger partial charge in [0.1, 0.15) is 5.82 Å². The summed E-state index contributed by atoms with van der Waals surface area (Å²) >= 11 is 0. The van der Waals surface area contributed by atoms with Crippen LogP contribution in [0.5, 0.6) is 0 Å². The molecule has 1 aromatic heterocycles. The lowest BCUT2D eigenvalue weighted by Crippen LogP contribution is -1.97. The standard InChI is InChI=1S/C8H9N3O2/c9-6-3-5(1-2-7(12)13)4-11-8(6)10/h1-4H,9H2,(H2,10,11)(H,12,13). The highest BCUT2D eigenvalue weighted by Crippen LogP contribution is 2.13. The quantitative estimate of drug-likeness (QED) is 0.568. The zero-order valence-electron chi connectivity index (χ0n) is 6.77. The summed E-state index contributed by atoms with van der Waals surface area (Å²) in [5.74, 6) is -0.775. The van der Waals surface area contributed by atoms with Crippen LogP contribution < -0.4 is 11.5 Å². The molecule has 0 bridgehead atoms. The van der Waals surface area contributed by atoms with Crippen molar-refractivity contribution < 1.29 is 9.90 Å². The van der Waals surface area contributed by atoms with Crippen molar-refractivity contribution in [3.05, 3.63) is 23.9 Å². The highest BCUT2D eigenvalue weighted by atomic mass is 16.4. The number of nitrogens with two attached hydrogens (primary N) is 2. The van der Waals surface area contributed by atoms with E-state index in [1.165, 1.54) is 12.3 Å². The van der Waals surface area contributed by atoms with Crippen LogP contribution in [0.2, 0.25) is 0 Å². The molecule has 0 amide bonds. The summed E-state index contributed by atoms with van der Waals surface area (Å²) in [4.78, 5) is 13.9. The van der Waals surface area contributed by atoms with Crippen molar-refractivity contribution in [2.45, 2.75) is 0 Å². The SMILES string of the molecule is Nc1cc(C=CC(=O)O)cnc1N. The molecule has 0 spiro atoms. The Morgan fingerprint density at radius 3 is 2.77 bits per heavy atom. The maximum atomic E-state index is 10.2. The van der Waals surface area contributed by atoms with E-state index in [9.17, 15) is 4.79 Å². The van der Waals surface area contributed by atoms with Gasteiger partial charge in [-0.05, 0) is 17.7 Å². The molecule has 0 radical (unpaired) electrons. The molecule has 5 nitrogen and oxygen atoms in total. The van der Waals surface area contributed by atoms with Crippen LogP contribution in [0.3, 0.4) is 0 Å². The molecule has 5 N–H and O–H groups in total. The molecule has 0 aliphatic carbocycles. The van der Waals surface area contributed by atoms with Crippen LogP contribution in [0.4, 0.5) is 11.5 Å². The number of aliphatic carboxylic acids is 1. The van der Waals surface area contributed by atoms with Crippen molar-refractivity contribution in [2.75, 3.05) is 11.5 Å². The zero-order valence-corrected chi connectivity index (χ0v) is 6.77. The van der Waals surface area contributed by atoms with Crippen LogP contribution in [0.25, 0.3) is 6.08 Å². The number of hydrogen-bond acceptors (Lipinski definition) is 4. The molecule has 0 aliphatic rings. The summed E-state index contributed by atoms with van der Waals surface area (Å²) in [6.07, 6.45) is 3.85. The van der Waals surface area contributed by atoms with Crippen LogP contribution >= 0.6 is 0 Å². The van der Waals surface area contributed by atoms with Crippen LogP contribution in [-0.4, -0.2) is 16.1 Å². The molecule has 5 heteroatoms. The van der Waals surface area contributed by atoms with Crippen molar-refractivity contribution in [1.29, 1.82) is 0 Å². The number of nitrogen functional groups attached to an aromatic ring is 2. The average Bonchev–Trinajstić information content (AvgIpc) is 2.07. The number of carboxylic acids is 1. The second-order valence-electron chi connectivity index (χ2n) is 2.41. The third-order valence-corrected chi connectivity index (χ3v) is 1.39. The van der Waals surface area contributed by atoms with Crippen molar-refractivity contribution >= 4 is 23.6 Å². The van der Waals surface area contributed by atoms with Gasteiger partial charge in [-0.2, -0.15) is 0 Å². The minimum Gasteiger partial charge on any atom is -0.478 e. The van der Waals surface area contributed by atoms with Gasteiger partial charge in [0.15, 0.2) is 0 Å². The number of carbonyl (C=O) groups is 1. The Morgan fingerprint density at radius 1 is 1.54 bits per heavy atom. The van der Waals surface area contributed by atoms with E-state index < -0.39 is 5.97 Å². The zero-order chi connectivity index (χ0) is 9.84. The molecule has 0 saturated carbocycles. The van der Waals surface area contributed by atoms with Gasteiger partial charge in [0.25, 0.3) is 0 Å². The minimum absolute atomic E-state index is 0.243. The number of hydrogen-bond donors (Lipinski definition) is 3. The Hall–Kier alpha value is -2.04. The third-order valence-electron chi connectivity index (χ3n) is 1.39. The van der Waals surface area contributed by atoms with Gasteiger partial charge in [0.05, 0.1) is 5.69 Å². The topological polar surface area (TPSA) is 102 Å². The molecular weight excluding hydrogens is 170 g/mol. The Kier molecular flexibility index (Phi) is 2.49. The molecule has 1 rings (SSSR count). The summed E-state index contributed by atoms with van der Waals surface area (Å²) in [5, 5.41) is 8.34. The van der Waals surface area contributed by atoms with Crippen molar-refractivity contribution in [3.63, 3.8) is 0 Å². The predicted molar refractivity (Wildman–Crippen MR) is 49.7 cm³/mol. The van der Waals surface area contributed by atoms with E-state index in [1.807, 2.05) is 0 Å². The normalized spacial score (nSPS) is 10.5. The Balaban J connectivity index is 2.92. The number of anilines is 2. The van der Waals surface area contributed by atoms with E-state index in [2.05, 4.69) is 4.98 Å². The first-order chi connectivity index (χ1) is 6.09. The number of rotatable bonds is 2. The molecule has 0 fully saturated rings. The Morgan fingerprint density at radius 2 is 2.23 bits per heavy atom. The summed E-state index contributed by atoms with van der Waals surface area (Å²) in [7, 11) is 0. The molecule has 1 heterocycles. The lowest BCUT2D eigenvalue weighted by atomic mass is 10.2. The summed E-state index contributed by atoms with van der Waals surface area (Å²) < 4.78 is 0. The first-order valence-corrected chi connectivity index (χ1v) is 3.51. The summed E-state index contributed by atoms with van der Waals surface area (Å²) in [6, 6.07) is 1.56. The van der Waals surface area contributed by atoms with Gasteiger partial charge in [-0.3, -0.25) is 0 Å². The van der Waals surface area contributed by atoms with Gasteiger partial charge in [-0.1, -0.05) is 0 Å². The fraction of sp³-hybridized carbons (Fsp3) is 0. The fourth-order valence-electron chi connectivity index (χ4n) is 0.768. The van der Waals surface area contributed by atoms with Crippen molar-refractivity contribution in [1.82, 2.24) is 4.98 Å². The van der Waals surface area contributed by atoms with E-state index in [0.29, 0.717) is 11.3 Å². The largest absolute Gasteiger partial charge is 0.478 e. The van der Waals surface area contributed by atoms with Gasteiger partial charge in [0.2, 0.25) is 0 Å². The lowest BCUT2D eigenvalue weighted by molar-refractivity contribution is -0.131. The van der Waals surface area contributed by atoms with Crippen LogP contribution in [0, 0.1) is 0 Å². The highest BCUT2D eigenvalue weighted by Gasteiger charge is 1.96. The van der Waals surface area contributed by atoms with Gasteiger partial charge in [0, 0.05) is 12.3 Å². The van der Waals surface area contributed by atoms with Crippen LogP contribution in [0.15, 0.2) is 18.3 Å². The highest BCUT2D eigenvalue weighted by molar-refractivity contribution is 5.85. The fourth-order valence-corrected chi connectivity index (χ4v) is 0.768. The maximum absolute atomic E-state index is 10.2. The second kappa shape index (κ2) is 3.57. The Bertz CT molecular complexity index is 360. The van der Waals surface area contributed by atoms with Gasteiger partial charge in [-0.25, -0.2) is 9.78 Å². The number of nitrogens with zero attached hydrogens (tertiary/aromatic N) is 1. The van der Waals surface area contributed by atoms with Gasteiger partial charge < -0.3 is 16.6 Å². The van der Waals surface area contributed by atoms with Crippen LogP contribution in [0.1, 0.15) is 5.56 Å². The smallest absolute Gasteiger partial charge is 0.328 e. The Labute approximate surface area is 74.7 Å². The lowest BCUT2D eigenvalue weighted by Gasteiger charge is -1.98. The predicted octanol–water partition coefficient (Wildman–Crippen LogP) is 0.344. The van der Waals surface area contributed by atoms with Crippen molar-refractivity contribution in [2.24, 2.45) is 0 Å². The number of aromatic nitrogens is 1. The molecule has 0 saturated heterocycles. The molecular formula is C8H9N3O2. The number of pyridine rings is 1. The maximum Gasteiger partial charge on any atom is 0.328 e. The van der Waals surface area contributed by atoms with E-state index >= 15 is 0 Å². The van der Waals surface area contributed by atoms with E-state index in [0.717, 1.165) is 6.08 Å². The van der Waals surface area contributed by atoms with E-state index in [4.69, 9.17) is 16.6 Å². The molecule has 13 heavy (non-hydrogen) atoms. The first-order valence-electron chi connectivity index (χ1n) is 3.51. The molecule has 0 aliphatic heterocycles. The van der Waals surface area contributed by atoms with Crippen LogP contribution in [-0.2, 0) is 4.79 Å². The van der Waals surface area contributed by atoms with E-state index in [-0.39, 0.29) is 5.82 Å². The monoisotopic (exact) mass is 179 g/mol. The molecule has 68 valence electrons. The molecule has 1 aromatic rings. The number of carboxylic acid groups (broad SMARTS) is 1. The molecule has 0 atom stereocenters. The first kappa shape index (κ1) is 9.05. The van der Waals surface area contributed by atoms with Gasteiger partial charge >= 0.3 is 5.97 Å². The summed E-state index contributed by atoms with van der Waals surface area (Å²) in [5.41, 5.74) is 11.8. The molecule has 0 unspecified atom stereocenters. The second-order valence-corrected chi connectivity index (χ2v) is 2.41. The minimum atomic E-state index is -1.02. The molecule has 0 aromatic carbocycles. The third kappa shape index (κ3) is 2.48. The average molecular weight is 179 g/mol. The van der Waals surface area contributed by atoms with Gasteiger partial charge in [-0.15, -0.1) is 0 Å².